The van der Waals surface area contributed by atoms with Crippen molar-refractivity contribution in [2.24, 2.45) is 5.41 Å². The Morgan fingerprint density at radius 1 is 1.00 bits per heavy atom. The third kappa shape index (κ3) is 5.94. The van der Waals surface area contributed by atoms with Crippen LogP contribution in [0.5, 0.6) is 0 Å². The second kappa shape index (κ2) is 8.01. The van der Waals surface area contributed by atoms with E-state index in [9.17, 15) is 14.4 Å². The summed E-state index contributed by atoms with van der Waals surface area (Å²) >= 11 is 0. The van der Waals surface area contributed by atoms with Crippen molar-refractivity contribution in [2.45, 2.75) is 40.7 Å². The van der Waals surface area contributed by atoms with E-state index in [4.69, 9.17) is 9.47 Å². The third-order valence-electron chi connectivity index (χ3n) is 2.70. The fraction of sp³-hybridized carbons (Fsp3) is 0.769. The molecule has 19 heavy (non-hydrogen) atoms. The Morgan fingerprint density at radius 2 is 1.53 bits per heavy atom. The van der Waals surface area contributed by atoms with Crippen molar-refractivity contribution in [3.05, 3.63) is 0 Å². The lowest BCUT2D eigenvalue weighted by molar-refractivity contribution is -0.163. The minimum absolute atomic E-state index is 0.0462. The molecule has 0 amide bonds. The van der Waals surface area contributed by atoms with Crippen molar-refractivity contribution >= 4 is 17.5 Å². The molecule has 0 N–H and O–H groups in total. The maximum atomic E-state index is 11.8. The Morgan fingerprint density at radius 3 is 1.89 bits per heavy atom. The van der Waals surface area contributed by atoms with E-state index in [1.807, 2.05) is 13.8 Å². The third-order valence-corrected chi connectivity index (χ3v) is 2.70. The molecule has 0 aliphatic heterocycles. The van der Waals surface area contributed by atoms with E-state index in [2.05, 4.69) is 4.74 Å². The zero-order valence-electron chi connectivity index (χ0n) is 12.1. The number of Topliss-reactive ketones (excluding diaryl/α,β-unsaturated/α-hetero) is 2. The summed E-state index contributed by atoms with van der Waals surface area (Å²) in [6.45, 7) is 7.00. The fourth-order valence-electron chi connectivity index (χ4n) is 1.35. The number of carbonyl (C=O) groups excluding carboxylic acids is 3. The van der Waals surface area contributed by atoms with Gasteiger partial charge in [0.2, 0.25) is 0 Å². The standard InChI is InChI=1S/C13H22O6/c1-9(2)18-7-13(10(3)14,11(4)15)6-17-8-19-12(5)16/h9H,6-8H2,1-5H3. The molecule has 6 heteroatoms. The number of esters is 1. The molecule has 0 bridgehead atoms. The highest BCUT2D eigenvalue weighted by Crippen LogP contribution is 2.22. The summed E-state index contributed by atoms with van der Waals surface area (Å²) in [6, 6.07) is 0. The molecule has 0 atom stereocenters. The lowest BCUT2D eigenvalue weighted by Gasteiger charge is -2.28. The van der Waals surface area contributed by atoms with Gasteiger partial charge in [-0.15, -0.1) is 0 Å². The number of ketones is 2. The zero-order valence-corrected chi connectivity index (χ0v) is 12.1. The van der Waals surface area contributed by atoms with Gasteiger partial charge < -0.3 is 14.2 Å². The summed E-state index contributed by atoms with van der Waals surface area (Å²) < 4.78 is 15.1. The number of hydrogen-bond donors (Lipinski definition) is 0. The smallest absolute Gasteiger partial charge is 0.304 e. The number of hydrogen-bond acceptors (Lipinski definition) is 6. The van der Waals surface area contributed by atoms with Gasteiger partial charge in [-0.05, 0) is 27.7 Å². The predicted octanol–water partition coefficient (Wildman–Crippen LogP) is 1.11. The van der Waals surface area contributed by atoms with Crippen LogP contribution in [0.25, 0.3) is 0 Å². The number of rotatable bonds is 9. The molecule has 0 unspecified atom stereocenters. The van der Waals surface area contributed by atoms with Crippen LogP contribution in [0.3, 0.4) is 0 Å². The second-order valence-corrected chi connectivity index (χ2v) is 4.66. The monoisotopic (exact) mass is 274 g/mol. The van der Waals surface area contributed by atoms with E-state index in [1.54, 1.807) is 0 Å². The maximum absolute atomic E-state index is 11.8. The van der Waals surface area contributed by atoms with Gasteiger partial charge in [-0.25, -0.2) is 0 Å². The molecule has 0 saturated heterocycles. The van der Waals surface area contributed by atoms with Crippen molar-refractivity contribution in [1.29, 1.82) is 0 Å². The predicted molar refractivity (Wildman–Crippen MR) is 67.5 cm³/mol. The van der Waals surface area contributed by atoms with Gasteiger partial charge in [0.15, 0.2) is 6.79 Å². The molecule has 0 fully saturated rings. The first-order valence-corrected chi connectivity index (χ1v) is 6.07. The van der Waals surface area contributed by atoms with Gasteiger partial charge in [0.25, 0.3) is 0 Å². The van der Waals surface area contributed by atoms with Gasteiger partial charge in [0, 0.05) is 6.92 Å². The minimum Gasteiger partial charge on any atom is -0.439 e. The van der Waals surface area contributed by atoms with Crippen molar-refractivity contribution in [1.82, 2.24) is 0 Å². The molecule has 0 aromatic heterocycles. The lowest BCUT2D eigenvalue weighted by Crippen LogP contribution is -2.46. The summed E-state index contributed by atoms with van der Waals surface area (Å²) in [5.74, 6) is -1.15. The van der Waals surface area contributed by atoms with Crippen LogP contribution >= 0.6 is 0 Å². The van der Waals surface area contributed by atoms with Crippen molar-refractivity contribution in [3.63, 3.8) is 0 Å². The zero-order chi connectivity index (χ0) is 15.1. The molecule has 0 aliphatic carbocycles. The highest BCUT2D eigenvalue weighted by atomic mass is 16.7. The van der Waals surface area contributed by atoms with E-state index >= 15 is 0 Å². The molecule has 0 aromatic carbocycles. The topological polar surface area (TPSA) is 78.9 Å². The van der Waals surface area contributed by atoms with Crippen LogP contribution in [-0.2, 0) is 28.6 Å². The minimum atomic E-state index is -1.34. The van der Waals surface area contributed by atoms with Gasteiger partial charge >= 0.3 is 5.97 Å². The van der Waals surface area contributed by atoms with E-state index in [-0.39, 0.29) is 37.7 Å². The summed E-state index contributed by atoms with van der Waals surface area (Å²) in [7, 11) is 0. The van der Waals surface area contributed by atoms with E-state index in [0.717, 1.165) is 0 Å². The molecular weight excluding hydrogens is 252 g/mol. The summed E-state index contributed by atoms with van der Waals surface area (Å²) in [4.78, 5) is 34.1. The van der Waals surface area contributed by atoms with E-state index < -0.39 is 11.4 Å². The van der Waals surface area contributed by atoms with Gasteiger partial charge in [0.05, 0.1) is 19.3 Å². The molecule has 0 spiro atoms. The quantitative estimate of drug-likeness (QED) is 0.271. The highest BCUT2D eigenvalue weighted by molar-refractivity contribution is 6.05. The first-order valence-electron chi connectivity index (χ1n) is 6.07. The highest BCUT2D eigenvalue weighted by Gasteiger charge is 2.41. The second-order valence-electron chi connectivity index (χ2n) is 4.66. The Labute approximate surface area is 113 Å². The Hall–Kier alpha value is -1.27. The molecule has 0 aliphatic rings. The molecular formula is C13H22O6. The molecule has 0 saturated carbocycles. The van der Waals surface area contributed by atoms with E-state index in [0.29, 0.717) is 0 Å². The summed E-state index contributed by atoms with van der Waals surface area (Å²) in [5, 5.41) is 0. The molecule has 0 radical (unpaired) electrons. The Bertz CT molecular complexity index is 320. The molecule has 0 heterocycles. The van der Waals surface area contributed by atoms with Gasteiger partial charge in [-0.1, -0.05) is 0 Å². The van der Waals surface area contributed by atoms with Gasteiger partial charge in [-0.3, -0.25) is 14.4 Å². The first-order chi connectivity index (χ1) is 8.72. The van der Waals surface area contributed by atoms with Crippen LogP contribution in [0, 0.1) is 5.41 Å². The van der Waals surface area contributed by atoms with Crippen LogP contribution in [0.1, 0.15) is 34.6 Å². The molecule has 110 valence electrons. The van der Waals surface area contributed by atoms with Crippen LogP contribution in [0.15, 0.2) is 0 Å². The summed E-state index contributed by atoms with van der Waals surface area (Å²) in [5.41, 5.74) is -1.34. The summed E-state index contributed by atoms with van der Waals surface area (Å²) in [6.07, 6.45) is -0.105. The molecule has 0 rings (SSSR count). The van der Waals surface area contributed by atoms with Crippen molar-refractivity contribution in [2.75, 3.05) is 20.0 Å². The van der Waals surface area contributed by atoms with Crippen LogP contribution in [-0.4, -0.2) is 43.6 Å². The van der Waals surface area contributed by atoms with Crippen LogP contribution in [0.4, 0.5) is 0 Å². The Balaban J connectivity index is 4.68. The number of carbonyl (C=O) groups is 3. The average Bonchev–Trinajstić information content (AvgIpc) is 2.26. The first kappa shape index (κ1) is 17.7. The van der Waals surface area contributed by atoms with Crippen molar-refractivity contribution < 1.29 is 28.6 Å². The molecule has 0 aromatic rings. The van der Waals surface area contributed by atoms with Crippen LogP contribution < -0.4 is 0 Å². The van der Waals surface area contributed by atoms with E-state index in [1.165, 1.54) is 20.8 Å². The van der Waals surface area contributed by atoms with Gasteiger partial charge in [0.1, 0.15) is 17.0 Å². The fourth-order valence-corrected chi connectivity index (χ4v) is 1.35. The Kier molecular flexibility index (Phi) is 7.48. The maximum Gasteiger partial charge on any atom is 0.304 e. The largest absolute Gasteiger partial charge is 0.439 e. The SMILES string of the molecule is CC(=O)OCOCC(COC(C)C)(C(C)=O)C(C)=O. The normalized spacial score (nSPS) is 11.5. The van der Waals surface area contributed by atoms with Gasteiger partial charge in [-0.2, -0.15) is 0 Å². The number of ether oxygens (including phenoxy) is 3. The molecule has 6 nitrogen and oxygen atoms in total. The average molecular weight is 274 g/mol. The van der Waals surface area contributed by atoms with Crippen LogP contribution in [0.2, 0.25) is 0 Å². The van der Waals surface area contributed by atoms with Crippen molar-refractivity contribution in [3.8, 4) is 0 Å². The lowest BCUT2D eigenvalue weighted by atomic mass is 9.82.